The van der Waals surface area contributed by atoms with Gasteiger partial charge in [0.2, 0.25) is 0 Å². The molecule has 3 aromatic rings. The van der Waals surface area contributed by atoms with E-state index in [0.29, 0.717) is 27.8 Å². The molecule has 0 aliphatic carbocycles. The second-order valence-electron chi connectivity index (χ2n) is 5.90. The molecule has 0 atom stereocenters. The Balaban J connectivity index is 1.98. The largest absolute Gasteiger partial charge is 0.507 e. The van der Waals surface area contributed by atoms with Crippen molar-refractivity contribution in [3.05, 3.63) is 63.8 Å². The van der Waals surface area contributed by atoms with E-state index >= 15 is 0 Å². The molecule has 0 aliphatic rings. The molecule has 6 heteroatoms. The lowest BCUT2D eigenvalue weighted by atomic mass is 10.1. The molecule has 4 nitrogen and oxygen atoms in total. The van der Waals surface area contributed by atoms with Gasteiger partial charge in [-0.05, 0) is 40.5 Å². The maximum Gasteiger partial charge on any atom is 0.340 e. The number of phenols is 1. The third kappa shape index (κ3) is 3.76. The Bertz CT molecular complexity index is 937. The molecular weight excluding hydrogens is 414 g/mol. The quantitative estimate of drug-likeness (QED) is 0.538. The number of hydrogen-bond acceptors (Lipinski definition) is 4. The van der Waals surface area contributed by atoms with Crippen molar-refractivity contribution in [2.24, 2.45) is 7.05 Å². The summed E-state index contributed by atoms with van der Waals surface area (Å²) >= 11 is 5.09. The first-order valence-electron chi connectivity index (χ1n) is 8.31. The Morgan fingerprint density at radius 1 is 1.23 bits per heavy atom. The summed E-state index contributed by atoms with van der Waals surface area (Å²) < 4.78 is 7.88. The fourth-order valence-corrected chi connectivity index (χ4v) is 4.33. The van der Waals surface area contributed by atoms with E-state index in [2.05, 4.69) is 28.1 Å². The number of phenolic OH excluding ortho intramolecular Hbond substituents is 1. The van der Waals surface area contributed by atoms with Crippen molar-refractivity contribution in [1.82, 2.24) is 4.57 Å². The molecule has 3 rings (SSSR count). The Morgan fingerprint density at radius 3 is 2.65 bits per heavy atom. The molecule has 0 fully saturated rings. The van der Waals surface area contributed by atoms with Crippen molar-refractivity contribution >= 4 is 44.6 Å². The van der Waals surface area contributed by atoms with Gasteiger partial charge in [0.15, 0.2) is 0 Å². The van der Waals surface area contributed by atoms with Gasteiger partial charge < -0.3 is 14.4 Å². The summed E-state index contributed by atoms with van der Waals surface area (Å²) in [4.78, 5) is 12.6. The van der Waals surface area contributed by atoms with Crippen molar-refractivity contribution in [3.63, 3.8) is 0 Å². The van der Waals surface area contributed by atoms with Gasteiger partial charge in [-0.3, -0.25) is 0 Å². The number of esters is 1. The van der Waals surface area contributed by atoms with Crippen LogP contribution in [-0.4, -0.2) is 22.2 Å². The summed E-state index contributed by atoms with van der Waals surface area (Å²) in [6, 6.07) is 13.7. The van der Waals surface area contributed by atoms with E-state index in [0.717, 1.165) is 17.0 Å². The molecule has 0 amide bonds. The molecule has 0 saturated heterocycles. The predicted octanol–water partition coefficient (Wildman–Crippen LogP) is 5.26. The Morgan fingerprint density at radius 2 is 1.96 bits per heavy atom. The molecule has 1 heterocycles. The number of halogens is 1. The third-order valence-corrected chi connectivity index (χ3v) is 5.87. The minimum atomic E-state index is -0.352. The van der Waals surface area contributed by atoms with Crippen molar-refractivity contribution in [2.45, 2.75) is 18.4 Å². The van der Waals surface area contributed by atoms with E-state index < -0.39 is 0 Å². The Kier molecular flexibility index (Phi) is 5.94. The predicted molar refractivity (Wildman–Crippen MR) is 110 cm³/mol. The standard InChI is InChI=1S/C20H20BrNO3S/c1-3-25-20(24)19-14-9-18(23)15(21)10-16(14)22(2)17(19)12-26-11-13-7-5-4-6-8-13/h4-10,23H,3,11-12H2,1-2H3. The number of aromatic nitrogens is 1. The molecule has 2 aromatic carbocycles. The number of carbonyl (C=O) groups excluding carboxylic acids is 1. The first-order chi connectivity index (χ1) is 12.5. The number of benzene rings is 2. The van der Waals surface area contributed by atoms with Gasteiger partial charge in [-0.2, -0.15) is 11.8 Å². The van der Waals surface area contributed by atoms with Crippen molar-refractivity contribution < 1.29 is 14.6 Å². The lowest BCUT2D eigenvalue weighted by molar-refractivity contribution is 0.0527. The van der Waals surface area contributed by atoms with E-state index in [1.54, 1.807) is 24.8 Å². The summed E-state index contributed by atoms with van der Waals surface area (Å²) in [5, 5.41) is 10.8. The first kappa shape index (κ1) is 18.9. The number of thioether (sulfide) groups is 1. The highest BCUT2D eigenvalue weighted by molar-refractivity contribution is 9.10. The van der Waals surface area contributed by atoms with Crippen LogP contribution in [-0.2, 0) is 23.3 Å². The number of aromatic hydroxyl groups is 1. The van der Waals surface area contributed by atoms with Crippen molar-refractivity contribution in [3.8, 4) is 5.75 Å². The minimum Gasteiger partial charge on any atom is -0.507 e. The molecule has 0 radical (unpaired) electrons. The molecule has 0 saturated carbocycles. The number of carbonyl (C=O) groups is 1. The smallest absolute Gasteiger partial charge is 0.340 e. The molecular formula is C20H20BrNO3S. The number of nitrogens with zero attached hydrogens (tertiary/aromatic N) is 1. The number of ether oxygens (including phenoxy) is 1. The van der Waals surface area contributed by atoms with Gasteiger partial charge in [0, 0.05) is 29.6 Å². The molecule has 1 aromatic heterocycles. The molecule has 136 valence electrons. The van der Waals surface area contributed by atoms with Gasteiger partial charge in [-0.25, -0.2) is 4.79 Å². The van der Waals surface area contributed by atoms with Crippen LogP contribution in [0.4, 0.5) is 0 Å². The maximum atomic E-state index is 12.6. The van der Waals surface area contributed by atoms with Crippen molar-refractivity contribution in [2.75, 3.05) is 6.61 Å². The summed E-state index contributed by atoms with van der Waals surface area (Å²) in [7, 11) is 1.94. The molecule has 0 unspecified atom stereocenters. The molecule has 26 heavy (non-hydrogen) atoms. The second kappa shape index (κ2) is 8.18. The van der Waals surface area contributed by atoms with E-state index in [1.165, 1.54) is 5.56 Å². The highest BCUT2D eigenvalue weighted by Gasteiger charge is 2.23. The second-order valence-corrected chi connectivity index (χ2v) is 7.74. The van der Waals surface area contributed by atoms with Crippen LogP contribution in [0.25, 0.3) is 10.9 Å². The highest BCUT2D eigenvalue weighted by Crippen LogP contribution is 2.36. The number of rotatable bonds is 6. The topological polar surface area (TPSA) is 51.5 Å². The van der Waals surface area contributed by atoms with Crippen LogP contribution in [0.1, 0.15) is 28.5 Å². The van der Waals surface area contributed by atoms with Crippen LogP contribution in [0, 0.1) is 0 Å². The summed E-state index contributed by atoms with van der Waals surface area (Å²) in [5.41, 5.74) is 3.56. The van der Waals surface area contributed by atoms with E-state index in [4.69, 9.17) is 4.74 Å². The summed E-state index contributed by atoms with van der Waals surface area (Å²) in [5.74, 6) is 1.29. The monoisotopic (exact) mass is 433 g/mol. The lowest BCUT2D eigenvalue weighted by Gasteiger charge is -2.08. The number of hydrogen-bond donors (Lipinski definition) is 1. The Hall–Kier alpha value is -1.92. The zero-order chi connectivity index (χ0) is 18.7. The van der Waals surface area contributed by atoms with Gasteiger partial charge in [-0.1, -0.05) is 30.3 Å². The third-order valence-electron chi connectivity index (χ3n) is 4.22. The average Bonchev–Trinajstić information content (AvgIpc) is 2.89. The maximum absolute atomic E-state index is 12.6. The summed E-state index contributed by atoms with van der Waals surface area (Å²) in [6.45, 7) is 2.11. The SMILES string of the molecule is CCOC(=O)c1c(CSCc2ccccc2)n(C)c2cc(Br)c(O)cc12. The lowest BCUT2D eigenvalue weighted by Crippen LogP contribution is -2.08. The number of fused-ring (bicyclic) bond motifs is 1. The first-order valence-corrected chi connectivity index (χ1v) is 10.3. The van der Waals surface area contributed by atoms with Gasteiger partial charge >= 0.3 is 5.97 Å². The van der Waals surface area contributed by atoms with E-state index in [9.17, 15) is 9.90 Å². The van der Waals surface area contributed by atoms with Gasteiger partial charge in [0.25, 0.3) is 0 Å². The fourth-order valence-electron chi connectivity index (χ4n) is 2.94. The van der Waals surface area contributed by atoms with Crippen LogP contribution < -0.4 is 0 Å². The van der Waals surface area contributed by atoms with Crippen LogP contribution in [0.15, 0.2) is 46.9 Å². The van der Waals surface area contributed by atoms with E-state index in [-0.39, 0.29) is 11.7 Å². The van der Waals surface area contributed by atoms with Gasteiger partial charge in [0.05, 0.1) is 22.2 Å². The zero-order valence-corrected chi connectivity index (χ0v) is 17.1. The molecule has 0 bridgehead atoms. The normalized spacial score (nSPS) is 11.0. The van der Waals surface area contributed by atoms with Crippen LogP contribution in [0.5, 0.6) is 5.75 Å². The fraction of sp³-hybridized carbons (Fsp3) is 0.250. The minimum absolute atomic E-state index is 0.108. The Labute approximate surface area is 165 Å². The van der Waals surface area contributed by atoms with Crippen molar-refractivity contribution in [1.29, 1.82) is 0 Å². The van der Waals surface area contributed by atoms with Crippen LogP contribution in [0.3, 0.4) is 0 Å². The molecule has 1 N–H and O–H groups in total. The van der Waals surface area contributed by atoms with Gasteiger partial charge in [-0.15, -0.1) is 0 Å². The van der Waals surface area contributed by atoms with Crippen LogP contribution in [0.2, 0.25) is 0 Å². The van der Waals surface area contributed by atoms with E-state index in [1.807, 2.05) is 35.9 Å². The average molecular weight is 434 g/mol. The van der Waals surface area contributed by atoms with Crippen LogP contribution >= 0.6 is 27.7 Å². The van der Waals surface area contributed by atoms with Gasteiger partial charge in [0.1, 0.15) is 5.75 Å². The summed E-state index contributed by atoms with van der Waals surface area (Å²) in [6.07, 6.45) is 0. The zero-order valence-electron chi connectivity index (χ0n) is 14.7. The number of aryl methyl sites for hydroxylation is 1. The highest BCUT2D eigenvalue weighted by atomic mass is 79.9. The molecule has 0 aliphatic heterocycles. The molecule has 0 spiro atoms.